The largest absolute Gasteiger partial charge is 0.489 e. The Labute approximate surface area is 310 Å². The Morgan fingerprint density at radius 2 is 1.85 bits per heavy atom. The lowest BCUT2D eigenvalue weighted by Crippen LogP contribution is -2.53. The number of aromatic amines is 1. The third kappa shape index (κ3) is 6.06. The Hall–Kier alpha value is -5.02. The number of nitro groups is 1. The van der Waals surface area contributed by atoms with Gasteiger partial charge in [-0.15, -0.1) is 0 Å². The summed E-state index contributed by atoms with van der Waals surface area (Å²) in [5.74, 6) is -0.723. The number of hydrogen-bond acceptors (Lipinski definition) is 14. The second-order valence-electron chi connectivity index (χ2n) is 13.9. The molecule has 0 saturated carbocycles. The lowest BCUT2D eigenvalue weighted by Gasteiger charge is -2.40. The zero-order valence-electron chi connectivity index (χ0n) is 29.3. The quantitative estimate of drug-likeness (QED) is 0.163. The van der Waals surface area contributed by atoms with Gasteiger partial charge in [0.15, 0.2) is 11.4 Å². The van der Waals surface area contributed by atoms with Crippen LogP contribution < -0.4 is 25.4 Å². The van der Waals surface area contributed by atoms with Gasteiger partial charge in [-0.05, 0) is 38.1 Å². The molecule has 2 aromatic carbocycles. The van der Waals surface area contributed by atoms with Crippen LogP contribution in [0, 0.1) is 10.1 Å². The van der Waals surface area contributed by atoms with Gasteiger partial charge in [0, 0.05) is 56.4 Å². The molecule has 4 aliphatic rings. The summed E-state index contributed by atoms with van der Waals surface area (Å²) in [6, 6.07) is 8.92. The topological polar surface area (TPSA) is 233 Å². The molecule has 0 bridgehead atoms. The van der Waals surface area contributed by atoms with E-state index in [0.29, 0.717) is 49.4 Å². The highest BCUT2D eigenvalue weighted by Crippen LogP contribution is 2.48. The third-order valence-electron chi connectivity index (χ3n) is 10.2. The molecule has 3 atom stereocenters. The number of aromatic nitrogens is 2. The Bertz CT molecular complexity index is 2400. The van der Waals surface area contributed by atoms with Gasteiger partial charge in [0.1, 0.15) is 24.0 Å². The number of carbonyl (C=O) groups excluding carboxylic acids is 1. The Morgan fingerprint density at radius 1 is 1.07 bits per heavy atom. The summed E-state index contributed by atoms with van der Waals surface area (Å²) in [5.41, 5.74) is 6.18. The molecule has 1 amide bonds. The van der Waals surface area contributed by atoms with E-state index in [-0.39, 0.29) is 53.3 Å². The summed E-state index contributed by atoms with van der Waals surface area (Å²) >= 11 is 0. The standard InChI is InChI=1S/C34H38N8O10S2/c1-19(2)54(48,49)40-10-8-39(9-11-40)15-21-16-51-27-14-22(13-24(42(44)45)30(27)37-21)53(46,47)29-5-3-4-23(32(35)43)31(29)41-25-12-20-6-7-36-33(20)38-34(25)52-28-18-50-17-26(28)41/h3-7,12-14,19,21,26,28,37H,8-11,15-18H2,1-2H3,(H2,35,43)(H,36,38)/t21-,26+,28+/m0/s1. The van der Waals surface area contributed by atoms with E-state index in [4.69, 9.17) is 19.9 Å². The number of nitrogens with zero attached hydrogens (tertiary/aromatic N) is 5. The number of para-hydroxylation sites is 1. The van der Waals surface area contributed by atoms with Gasteiger partial charge in [-0.3, -0.25) is 19.8 Å². The predicted octanol–water partition coefficient (Wildman–Crippen LogP) is 2.23. The van der Waals surface area contributed by atoms with Gasteiger partial charge < -0.3 is 35.1 Å². The number of ether oxygens (including phenoxy) is 3. The van der Waals surface area contributed by atoms with Crippen molar-refractivity contribution in [1.82, 2.24) is 19.2 Å². The number of piperazine rings is 1. The summed E-state index contributed by atoms with van der Waals surface area (Å²) < 4.78 is 74.2. The van der Waals surface area contributed by atoms with E-state index in [2.05, 4.69) is 20.2 Å². The maximum absolute atomic E-state index is 14.8. The minimum atomic E-state index is -4.62. The van der Waals surface area contributed by atoms with Crippen molar-refractivity contribution >= 4 is 59.6 Å². The number of fused-ring (bicyclic) bond motifs is 4. The van der Waals surface area contributed by atoms with E-state index < -0.39 is 64.7 Å². The second-order valence-corrected chi connectivity index (χ2v) is 18.3. The van der Waals surface area contributed by atoms with Gasteiger partial charge >= 0.3 is 0 Å². The Balaban J connectivity index is 1.15. The number of hydrogen-bond donors (Lipinski definition) is 3. The molecule has 4 aromatic rings. The third-order valence-corrected chi connectivity index (χ3v) is 14.3. The molecule has 2 saturated heterocycles. The molecule has 0 aliphatic carbocycles. The average molecular weight is 783 g/mol. The molecule has 4 aliphatic heterocycles. The van der Waals surface area contributed by atoms with E-state index in [1.54, 1.807) is 37.1 Å². The van der Waals surface area contributed by atoms with Crippen LogP contribution in [0.2, 0.25) is 0 Å². The van der Waals surface area contributed by atoms with E-state index in [9.17, 15) is 31.7 Å². The molecule has 2 aromatic heterocycles. The lowest BCUT2D eigenvalue weighted by molar-refractivity contribution is -0.384. The monoisotopic (exact) mass is 782 g/mol. The van der Waals surface area contributed by atoms with Gasteiger partial charge in [-0.1, -0.05) is 6.07 Å². The number of primary amides is 1. The van der Waals surface area contributed by atoms with Crippen LogP contribution >= 0.6 is 0 Å². The molecule has 18 nitrogen and oxygen atoms in total. The summed E-state index contributed by atoms with van der Waals surface area (Å²) in [6.45, 7) is 5.66. The normalized spacial score (nSPS) is 21.8. The lowest BCUT2D eigenvalue weighted by atomic mass is 10.0. The fraction of sp³-hybridized carbons (Fsp3) is 0.412. The summed E-state index contributed by atoms with van der Waals surface area (Å²) in [6.07, 6.45) is 1.14. The summed E-state index contributed by atoms with van der Waals surface area (Å²) in [5, 5.41) is 15.9. The van der Waals surface area contributed by atoms with Gasteiger partial charge in [-0.2, -0.15) is 9.29 Å². The molecule has 54 heavy (non-hydrogen) atoms. The number of benzene rings is 2. The maximum atomic E-state index is 14.8. The van der Waals surface area contributed by atoms with Gasteiger partial charge in [-0.25, -0.2) is 16.8 Å². The van der Waals surface area contributed by atoms with Crippen LogP contribution in [0.15, 0.2) is 58.5 Å². The van der Waals surface area contributed by atoms with Crippen molar-refractivity contribution in [2.45, 2.75) is 47.1 Å². The van der Waals surface area contributed by atoms with E-state index in [0.717, 1.165) is 6.07 Å². The fourth-order valence-electron chi connectivity index (χ4n) is 7.46. The first-order valence-electron chi connectivity index (χ1n) is 17.4. The van der Waals surface area contributed by atoms with E-state index >= 15 is 0 Å². The molecular weight excluding hydrogens is 745 g/mol. The van der Waals surface area contributed by atoms with Crippen LogP contribution in [-0.4, -0.2) is 123 Å². The number of amides is 1. The maximum Gasteiger partial charge on any atom is 0.297 e. The van der Waals surface area contributed by atoms with Crippen LogP contribution in [0.5, 0.6) is 11.6 Å². The number of nitro benzene ring substituents is 1. The number of rotatable bonds is 9. The number of pyridine rings is 1. The van der Waals surface area contributed by atoms with E-state index in [1.165, 1.54) is 28.6 Å². The van der Waals surface area contributed by atoms with Crippen molar-refractivity contribution in [3.8, 4) is 11.6 Å². The van der Waals surface area contributed by atoms with Crippen molar-refractivity contribution in [3.05, 3.63) is 64.3 Å². The number of nitrogens with one attached hydrogen (secondary N) is 2. The van der Waals surface area contributed by atoms with Crippen molar-refractivity contribution in [3.63, 3.8) is 0 Å². The molecule has 0 radical (unpaired) electrons. The molecule has 2 fully saturated rings. The number of anilines is 3. The minimum Gasteiger partial charge on any atom is -0.489 e. The number of sulfone groups is 1. The first-order chi connectivity index (χ1) is 25.7. The van der Waals surface area contributed by atoms with Gasteiger partial charge in [0.25, 0.3) is 11.6 Å². The minimum absolute atomic E-state index is 0.0250. The van der Waals surface area contributed by atoms with Crippen molar-refractivity contribution < 1.29 is 40.8 Å². The average Bonchev–Trinajstić information content (AvgIpc) is 3.81. The first kappa shape index (κ1) is 36.0. The van der Waals surface area contributed by atoms with Crippen molar-refractivity contribution in [2.24, 2.45) is 5.73 Å². The molecule has 286 valence electrons. The van der Waals surface area contributed by atoms with Crippen LogP contribution in [0.4, 0.5) is 22.7 Å². The molecule has 8 rings (SSSR count). The zero-order valence-corrected chi connectivity index (χ0v) is 30.9. The molecule has 6 heterocycles. The molecule has 0 unspecified atom stereocenters. The fourth-order valence-corrected chi connectivity index (χ4v) is 10.2. The Morgan fingerprint density at radius 3 is 2.57 bits per heavy atom. The van der Waals surface area contributed by atoms with Crippen LogP contribution in [-0.2, 0) is 24.6 Å². The van der Waals surface area contributed by atoms with Crippen molar-refractivity contribution in [2.75, 3.05) is 62.8 Å². The highest BCUT2D eigenvalue weighted by molar-refractivity contribution is 7.91. The number of sulfonamides is 1. The highest BCUT2D eigenvalue weighted by atomic mass is 32.2. The van der Waals surface area contributed by atoms with E-state index in [1.807, 2.05) is 0 Å². The SMILES string of the molecule is CC(C)S(=O)(=O)N1CCN(C[C@H]2COc3cc(S(=O)(=O)c4cccc(C(N)=O)c4N4c5cc6cc[nH]c6nc5O[C@@H]5COC[C@H]54)cc([N+](=O)[O-])c3N2)CC1. The summed E-state index contributed by atoms with van der Waals surface area (Å²) in [7, 11) is -8.00. The summed E-state index contributed by atoms with van der Waals surface area (Å²) in [4.78, 5) is 35.5. The van der Waals surface area contributed by atoms with Crippen LogP contribution in [0.3, 0.4) is 0 Å². The Kier molecular flexibility index (Phi) is 8.91. The first-order valence-corrected chi connectivity index (χ1v) is 20.4. The van der Waals surface area contributed by atoms with Crippen LogP contribution in [0.1, 0.15) is 24.2 Å². The van der Waals surface area contributed by atoms with Gasteiger partial charge in [0.05, 0.1) is 56.5 Å². The second kappa shape index (κ2) is 13.4. The van der Waals surface area contributed by atoms with Crippen LogP contribution in [0.25, 0.3) is 11.0 Å². The number of carbonyl (C=O) groups is 1. The highest BCUT2D eigenvalue weighted by Gasteiger charge is 2.45. The predicted molar refractivity (Wildman–Crippen MR) is 196 cm³/mol. The smallest absolute Gasteiger partial charge is 0.297 e. The molecule has 0 spiro atoms. The molecule has 20 heteroatoms. The number of nitrogens with two attached hydrogens (primary N) is 1. The van der Waals surface area contributed by atoms with Crippen molar-refractivity contribution in [1.29, 1.82) is 0 Å². The zero-order chi connectivity index (χ0) is 38.1. The molecular formula is C34H38N8O10S2. The molecule has 4 N–H and O–H groups in total. The van der Waals surface area contributed by atoms with Gasteiger partial charge in [0.2, 0.25) is 25.7 Å². The number of H-pyrrole nitrogens is 1.